The van der Waals surface area contributed by atoms with E-state index >= 15 is 0 Å². The average Bonchev–Trinajstić information content (AvgIpc) is 2.89. The molecule has 1 aromatic carbocycles. The van der Waals surface area contributed by atoms with Crippen LogP contribution < -0.4 is 5.32 Å². The number of hydrogen-bond acceptors (Lipinski definition) is 2. The molecule has 1 heterocycles. The lowest BCUT2D eigenvalue weighted by Gasteiger charge is -2.22. The number of halogens is 1. The van der Waals surface area contributed by atoms with Crippen LogP contribution in [0.15, 0.2) is 40.2 Å². The Morgan fingerprint density at radius 3 is 3.00 bits per heavy atom. The molecule has 0 saturated carbocycles. The van der Waals surface area contributed by atoms with Crippen LogP contribution in [0.3, 0.4) is 0 Å². The summed E-state index contributed by atoms with van der Waals surface area (Å²) in [6, 6.07) is 9.82. The second-order valence-electron chi connectivity index (χ2n) is 4.71. The predicted octanol–water partition coefficient (Wildman–Crippen LogP) is 4.57. The van der Waals surface area contributed by atoms with Crippen LogP contribution in [0.4, 0.5) is 5.69 Å². The van der Waals surface area contributed by atoms with E-state index in [0.29, 0.717) is 0 Å². The van der Waals surface area contributed by atoms with E-state index < -0.39 is 0 Å². The molecule has 2 aromatic rings. The summed E-state index contributed by atoms with van der Waals surface area (Å²) in [5, 5.41) is 5.12. The fraction of sp³-hybridized carbons (Fsp3) is 0.267. The van der Waals surface area contributed by atoms with Gasteiger partial charge < -0.3 is 5.32 Å². The zero-order valence-corrected chi connectivity index (χ0v) is 12.8. The van der Waals surface area contributed by atoms with Crippen molar-refractivity contribution in [1.29, 1.82) is 0 Å². The Kier molecular flexibility index (Phi) is 3.71. The summed E-state index contributed by atoms with van der Waals surface area (Å²) in [6.45, 7) is 0. The van der Waals surface area contributed by atoms with Crippen molar-refractivity contribution in [3.8, 4) is 0 Å². The number of anilines is 1. The normalized spacial score (nSPS) is 17.8. The molecule has 0 radical (unpaired) electrons. The number of amides is 1. The second kappa shape index (κ2) is 5.47. The van der Waals surface area contributed by atoms with Gasteiger partial charge in [-0.3, -0.25) is 4.79 Å². The van der Waals surface area contributed by atoms with Gasteiger partial charge in [-0.25, -0.2) is 0 Å². The van der Waals surface area contributed by atoms with Gasteiger partial charge in [0.05, 0.1) is 11.6 Å². The third-order valence-corrected chi connectivity index (χ3v) is 5.19. The zero-order chi connectivity index (χ0) is 13.2. The molecule has 0 saturated heterocycles. The maximum atomic E-state index is 12.5. The van der Waals surface area contributed by atoms with Crippen LogP contribution in [0.1, 0.15) is 29.2 Å². The third kappa shape index (κ3) is 2.60. The highest BCUT2D eigenvalue weighted by Gasteiger charge is 2.27. The van der Waals surface area contributed by atoms with E-state index in [1.165, 1.54) is 10.4 Å². The monoisotopic (exact) mass is 335 g/mol. The SMILES string of the molecule is O=C(Nc1ccccc1Br)C1CCCc2sccc21. The number of hydrogen-bond donors (Lipinski definition) is 1. The van der Waals surface area contributed by atoms with Crippen LogP contribution in [-0.2, 0) is 11.2 Å². The fourth-order valence-electron chi connectivity index (χ4n) is 2.54. The molecule has 0 aliphatic heterocycles. The summed E-state index contributed by atoms with van der Waals surface area (Å²) < 4.78 is 0.921. The summed E-state index contributed by atoms with van der Waals surface area (Å²) in [5.74, 6) is 0.105. The molecule has 1 atom stereocenters. The molecule has 1 aliphatic rings. The van der Waals surface area contributed by atoms with Crippen molar-refractivity contribution < 1.29 is 4.79 Å². The molecule has 1 aromatic heterocycles. The van der Waals surface area contributed by atoms with Gasteiger partial charge in [0.1, 0.15) is 0 Å². The van der Waals surface area contributed by atoms with Crippen molar-refractivity contribution in [1.82, 2.24) is 0 Å². The molecule has 19 heavy (non-hydrogen) atoms. The Morgan fingerprint density at radius 2 is 2.16 bits per heavy atom. The smallest absolute Gasteiger partial charge is 0.231 e. The van der Waals surface area contributed by atoms with E-state index in [-0.39, 0.29) is 11.8 Å². The van der Waals surface area contributed by atoms with Crippen LogP contribution in [0.25, 0.3) is 0 Å². The van der Waals surface area contributed by atoms with Crippen LogP contribution >= 0.6 is 27.3 Å². The van der Waals surface area contributed by atoms with E-state index in [4.69, 9.17) is 0 Å². The number of rotatable bonds is 2. The summed E-state index contributed by atoms with van der Waals surface area (Å²) in [6.07, 6.45) is 3.16. The first-order valence-electron chi connectivity index (χ1n) is 6.37. The molecule has 1 amide bonds. The minimum absolute atomic E-state index is 0.00195. The number of carbonyl (C=O) groups is 1. The van der Waals surface area contributed by atoms with Gasteiger partial charge in [-0.15, -0.1) is 11.3 Å². The maximum Gasteiger partial charge on any atom is 0.231 e. The molecule has 1 unspecified atom stereocenters. The van der Waals surface area contributed by atoms with Gasteiger partial charge in [0.25, 0.3) is 0 Å². The van der Waals surface area contributed by atoms with Crippen molar-refractivity contribution in [2.45, 2.75) is 25.2 Å². The van der Waals surface area contributed by atoms with E-state index in [0.717, 1.165) is 29.4 Å². The standard InChI is InChI=1S/C15H14BrNOS/c16-12-5-1-2-6-13(12)17-15(18)11-4-3-7-14-10(11)8-9-19-14/h1-2,5-6,8-9,11H,3-4,7H2,(H,17,18). The molecule has 0 bridgehead atoms. The molecule has 1 aliphatic carbocycles. The van der Waals surface area contributed by atoms with Crippen molar-refractivity contribution in [2.75, 3.05) is 5.32 Å². The molecule has 0 spiro atoms. The van der Waals surface area contributed by atoms with Gasteiger partial charge in [-0.1, -0.05) is 12.1 Å². The van der Waals surface area contributed by atoms with Crippen LogP contribution in [0.5, 0.6) is 0 Å². The third-order valence-electron chi connectivity index (χ3n) is 3.50. The number of para-hydroxylation sites is 1. The second-order valence-corrected chi connectivity index (χ2v) is 6.57. The number of thiophene rings is 1. The van der Waals surface area contributed by atoms with Gasteiger partial charge >= 0.3 is 0 Å². The molecular formula is C15H14BrNOS. The summed E-state index contributed by atoms with van der Waals surface area (Å²) in [7, 11) is 0. The first kappa shape index (κ1) is 12.9. The maximum absolute atomic E-state index is 12.5. The summed E-state index contributed by atoms with van der Waals surface area (Å²) >= 11 is 5.23. The minimum atomic E-state index is 0.00195. The van der Waals surface area contributed by atoms with Crippen molar-refractivity contribution >= 4 is 38.9 Å². The van der Waals surface area contributed by atoms with Gasteiger partial charge in [0.15, 0.2) is 0 Å². The van der Waals surface area contributed by atoms with Crippen molar-refractivity contribution in [3.63, 3.8) is 0 Å². The number of nitrogens with one attached hydrogen (secondary N) is 1. The Balaban J connectivity index is 1.81. The fourth-order valence-corrected chi connectivity index (χ4v) is 3.91. The summed E-state index contributed by atoms with van der Waals surface area (Å²) in [4.78, 5) is 13.8. The lowest BCUT2D eigenvalue weighted by Crippen LogP contribution is -2.24. The predicted molar refractivity (Wildman–Crippen MR) is 82.8 cm³/mol. The van der Waals surface area contributed by atoms with Gasteiger partial charge in [0.2, 0.25) is 5.91 Å². The van der Waals surface area contributed by atoms with Crippen molar-refractivity contribution in [2.24, 2.45) is 0 Å². The minimum Gasteiger partial charge on any atom is -0.325 e. The Labute approximate surface area is 125 Å². The number of aryl methyl sites for hydroxylation is 1. The van der Waals surface area contributed by atoms with Crippen LogP contribution in [0.2, 0.25) is 0 Å². The van der Waals surface area contributed by atoms with Gasteiger partial charge in [-0.05, 0) is 64.3 Å². The Hall–Kier alpha value is -1.13. The lowest BCUT2D eigenvalue weighted by atomic mass is 9.87. The molecule has 98 valence electrons. The van der Waals surface area contributed by atoms with E-state index in [1.54, 1.807) is 11.3 Å². The zero-order valence-electron chi connectivity index (χ0n) is 10.4. The number of carbonyl (C=O) groups excluding carboxylic acids is 1. The first-order chi connectivity index (χ1) is 9.25. The lowest BCUT2D eigenvalue weighted by molar-refractivity contribution is -0.117. The van der Waals surface area contributed by atoms with E-state index in [9.17, 15) is 4.79 Å². The topological polar surface area (TPSA) is 29.1 Å². The van der Waals surface area contributed by atoms with Gasteiger partial charge in [-0.2, -0.15) is 0 Å². The van der Waals surface area contributed by atoms with E-state index in [2.05, 4.69) is 32.7 Å². The quantitative estimate of drug-likeness (QED) is 0.855. The van der Waals surface area contributed by atoms with Crippen LogP contribution in [-0.4, -0.2) is 5.91 Å². The Morgan fingerprint density at radius 1 is 1.32 bits per heavy atom. The molecule has 4 heteroatoms. The largest absolute Gasteiger partial charge is 0.325 e. The summed E-state index contributed by atoms with van der Waals surface area (Å²) in [5.41, 5.74) is 2.07. The molecule has 3 rings (SSSR count). The Bertz CT molecular complexity index is 608. The highest BCUT2D eigenvalue weighted by atomic mass is 79.9. The molecule has 0 fully saturated rings. The number of fused-ring (bicyclic) bond motifs is 1. The van der Waals surface area contributed by atoms with E-state index in [1.807, 2.05) is 24.3 Å². The highest BCUT2D eigenvalue weighted by Crippen LogP contribution is 2.36. The van der Waals surface area contributed by atoms with Crippen molar-refractivity contribution in [3.05, 3.63) is 50.6 Å². The molecule has 2 nitrogen and oxygen atoms in total. The van der Waals surface area contributed by atoms with Gasteiger partial charge in [0, 0.05) is 9.35 Å². The molecule has 1 N–H and O–H groups in total. The molecular weight excluding hydrogens is 322 g/mol. The highest BCUT2D eigenvalue weighted by molar-refractivity contribution is 9.10. The van der Waals surface area contributed by atoms with Crippen LogP contribution in [0, 0.1) is 0 Å². The first-order valence-corrected chi connectivity index (χ1v) is 8.04. The number of benzene rings is 1. The average molecular weight is 336 g/mol.